The summed E-state index contributed by atoms with van der Waals surface area (Å²) in [4.78, 5) is 71.8. The highest BCUT2D eigenvalue weighted by molar-refractivity contribution is 5.93. The smallest absolute Gasteiger partial charge is 0.407 e. The molecule has 0 bridgehead atoms. The van der Waals surface area contributed by atoms with Crippen LogP contribution in [0.25, 0.3) is 55.1 Å². The number of carbonyl (C=O) groups is 4. The van der Waals surface area contributed by atoms with E-state index in [0.29, 0.717) is 13.1 Å². The van der Waals surface area contributed by atoms with Gasteiger partial charge in [0, 0.05) is 13.1 Å². The number of hydrogen-bond acceptors (Lipinski definition) is 8. The maximum Gasteiger partial charge on any atom is 0.407 e. The van der Waals surface area contributed by atoms with Crippen LogP contribution < -0.4 is 10.6 Å². The highest BCUT2D eigenvalue weighted by Crippen LogP contribution is 2.36. The van der Waals surface area contributed by atoms with E-state index in [9.17, 15) is 19.2 Å². The Bertz CT molecular complexity index is 2420. The summed E-state index contributed by atoms with van der Waals surface area (Å²) in [5, 5.41) is 7.65. The van der Waals surface area contributed by atoms with Crippen molar-refractivity contribution in [1.29, 1.82) is 0 Å². The number of hydrogen-bond donors (Lipinski definition) is 4. The average molecular weight is 813 g/mol. The van der Waals surface area contributed by atoms with Crippen molar-refractivity contribution in [1.82, 2.24) is 40.4 Å². The first-order valence-corrected chi connectivity index (χ1v) is 20.8. The van der Waals surface area contributed by atoms with Crippen LogP contribution in [0.3, 0.4) is 0 Å². The normalized spacial score (nSPS) is 17.8. The highest BCUT2D eigenvalue weighted by atomic mass is 16.5. The molecule has 14 nitrogen and oxygen atoms in total. The molecule has 2 fully saturated rings. The largest absolute Gasteiger partial charge is 0.453 e. The fraction of sp³-hybridized carbons (Fsp3) is 0.391. The zero-order chi connectivity index (χ0) is 42.2. The van der Waals surface area contributed by atoms with Gasteiger partial charge in [0.05, 0.1) is 48.4 Å². The van der Waals surface area contributed by atoms with Crippen LogP contribution in [-0.4, -0.2) is 93.1 Å². The van der Waals surface area contributed by atoms with E-state index in [1.165, 1.54) is 14.2 Å². The number of ether oxygens (including phenoxy) is 2. The molecule has 0 saturated carbocycles. The van der Waals surface area contributed by atoms with Crippen molar-refractivity contribution in [2.24, 2.45) is 11.8 Å². The lowest BCUT2D eigenvalue weighted by atomic mass is 9.97. The quantitative estimate of drug-likeness (QED) is 0.108. The SMILES string of the molecule is COC(=O)N[C@H](C(=O)N1CCCC1c1nc2ccc(-c3ccc4cc(-c5ccc6nc([C@@H]7CCCN7C(=O)[C@@H](NC(=O)OC)C(C)C)[nH]c6c5)ccc4c3)cc2[nH]1)C(C)C. The van der Waals surface area contributed by atoms with Gasteiger partial charge >= 0.3 is 12.2 Å². The Kier molecular flexibility index (Phi) is 11.2. The first-order valence-electron chi connectivity index (χ1n) is 20.8. The van der Waals surface area contributed by atoms with Gasteiger partial charge in [0.15, 0.2) is 0 Å². The summed E-state index contributed by atoms with van der Waals surface area (Å²) >= 11 is 0. The topological polar surface area (TPSA) is 175 Å². The van der Waals surface area contributed by atoms with Gasteiger partial charge in [-0.15, -0.1) is 0 Å². The second kappa shape index (κ2) is 16.7. The summed E-state index contributed by atoms with van der Waals surface area (Å²) in [6.45, 7) is 8.82. The second-order valence-electron chi connectivity index (χ2n) is 16.6. The van der Waals surface area contributed by atoms with Crippen molar-refractivity contribution in [3.05, 3.63) is 84.4 Å². The number of H-pyrrole nitrogens is 2. The van der Waals surface area contributed by atoms with Crippen LogP contribution in [-0.2, 0) is 19.1 Å². The Labute approximate surface area is 348 Å². The first kappa shape index (κ1) is 40.3. The van der Waals surface area contributed by atoms with E-state index in [2.05, 4.69) is 81.3 Å². The summed E-state index contributed by atoms with van der Waals surface area (Å²) in [5.41, 5.74) is 7.69. The minimum absolute atomic E-state index is 0.108. The standard InChI is InChI=1S/C46H52N8O6/c1-25(2)39(51-45(57)59-5)43(55)53-19-7-9-37(53)41-47-33-17-15-31(23-35(33)49-41)29-13-11-28-22-30(14-12-27(28)21-29)32-16-18-34-36(24-32)50-42(48-34)38-10-8-20-54(38)44(56)40(26(3)4)52-46(58)60-6/h11-18,21-26,37-40H,7-10,19-20H2,1-6H3,(H,47,49)(H,48,50)(H,51,57)(H,52,58)/t37-,38?,39-,40-/m0/s1. The van der Waals surface area contributed by atoms with E-state index in [-0.39, 0.29) is 35.7 Å². The summed E-state index contributed by atoms with van der Waals surface area (Å²) in [6.07, 6.45) is 2.01. The van der Waals surface area contributed by atoms with Crippen LogP contribution in [0, 0.1) is 11.8 Å². The number of methoxy groups -OCH3 is 2. The molecule has 6 aromatic rings. The zero-order valence-corrected chi connectivity index (χ0v) is 34.9. The number of rotatable bonds is 10. The van der Waals surface area contributed by atoms with E-state index in [4.69, 9.17) is 19.4 Å². The van der Waals surface area contributed by atoms with E-state index >= 15 is 0 Å². The lowest BCUT2D eigenvalue weighted by Gasteiger charge is -2.29. The molecular weight excluding hydrogens is 761 g/mol. The Morgan fingerprint density at radius 3 is 1.37 bits per heavy atom. The predicted molar refractivity (Wildman–Crippen MR) is 230 cm³/mol. The summed E-state index contributed by atoms with van der Waals surface area (Å²) in [7, 11) is 2.59. The molecule has 4 heterocycles. The minimum Gasteiger partial charge on any atom is -0.453 e. The first-order chi connectivity index (χ1) is 28.9. The van der Waals surface area contributed by atoms with Crippen molar-refractivity contribution in [3.8, 4) is 22.3 Å². The number of alkyl carbamates (subject to hydrolysis) is 2. The van der Waals surface area contributed by atoms with Gasteiger partial charge < -0.3 is 39.9 Å². The second-order valence-corrected chi connectivity index (χ2v) is 16.6. The van der Waals surface area contributed by atoms with Gasteiger partial charge in [0.25, 0.3) is 0 Å². The van der Waals surface area contributed by atoms with Crippen molar-refractivity contribution < 1.29 is 28.7 Å². The van der Waals surface area contributed by atoms with Crippen molar-refractivity contribution >= 4 is 56.8 Å². The molecule has 2 aliphatic heterocycles. The molecule has 1 unspecified atom stereocenters. The molecule has 0 aliphatic carbocycles. The summed E-state index contributed by atoms with van der Waals surface area (Å²) < 4.78 is 9.56. The van der Waals surface area contributed by atoms with Gasteiger partial charge in [0.1, 0.15) is 23.7 Å². The number of likely N-dealkylation sites (tertiary alicyclic amines) is 2. The third-order valence-corrected chi connectivity index (χ3v) is 12.0. The van der Waals surface area contributed by atoms with E-state index in [0.717, 1.165) is 92.4 Å². The lowest BCUT2D eigenvalue weighted by molar-refractivity contribution is -0.136. The number of amides is 4. The molecule has 312 valence electrons. The van der Waals surface area contributed by atoms with Crippen LogP contribution >= 0.6 is 0 Å². The number of fused-ring (bicyclic) bond motifs is 3. The molecule has 14 heteroatoms. The molecule has 60 heavy (non-hydrogen) atoms. The fourth-order valence-electron chi connectivity index (χ4n) is 8.72. The van der Waals surface area contributed by atoms with Crippen LogP contribution in [0.1, 0.15) is 77.1 Å². The van der Waals surface area contributed by atoms with Gasteiger partial charge in [-0.25, -0.2) is 19.6 Å². The molecule has 4 N–H and O–H groups in total. The predicted octanol–water partition coefficient (Wildman–Crippen LogP) is 8.01. The maximum absolute atomic E-state index is 13.7. The molecule has 2 saturated heterocycles. The average Bonchev–Trinajstić information content (AvgIpc) is 4.08. The molecular formula is C46H52N8O6. The monoisotopic (exact) mass is 812 g/mol. The fourth-order valence-corrected chi connectivity index (χ4v) is 8.72. The third-order valence-electron chi connectivity index (χ3n) is 12.0. The Morgan fingerprint density at radius 1 is 0.600 bits per heavy atom. The molecule has 4 atom stereocenters. The summed E-state index contributed by atoms with van der Waals surface area (Å²) in [6, 6.07) is 23.5. The van der Waals surface area contributed by atoms with Gasteiger partial charge in [-0.05, 0) is 107 Å². The Balaban J connectivity index is 0.993. The molecule has 0 spiro atoms. The molecule has 2 aromatic heterocycles. The number of imidazole rings is 2. The third kappa shape index (κ3) is 7.85. The van der Waals surface area contributed by atoms with Crippen LogP contribution in [0.5, 0.6) is 0 Å². The number of carbonyl (C=O) groups excluding carboxylic acids is 4. The Hall–Kier alpha value is -6.44. The van der Waals surface area contributed by atoms with E-state index in [1.807, 2.05) is 49.6 Å². The van der Waals surface area contributed by atoms with Crippen LogP contribution in [0.2, 0.25) is 0 Å². The van der Waals surface area contributed by atoms with Gasteiger partial charge in [-0.1, -0.05) is 64.1 Å². The van der Waals surface area contributed by atoms with Crippen molar-refractivity contribution in [2.45, 2.75) is 77.5 Å². The van der Waals surface area contributed by atoms with E-state index < -0.39 is 24.3 Å². The number of nitrogens with zero attached hydrogens (tertiary/aromatic N) is 4. The maximum atomic E-state index is 13.7. The van der Waals surface area contributed by atoms with Gasteiger partial charge in [-0.3, -0.25) is 9.59 Å². The number of nitrogens with one attached hydrogen (secondary N) is 4. The van der Waals surface area contributed by atoms with Crippen LogP contribution in [0.15, 0.2) is 72.8 Å². The number of benzene rings is 4. The highest BCUT2D eigenvalue weighted by Gasteiger charge is 2.39. The molecule has 8 rings (SSSR count). The Morgan fingerprint density at radius 2 is 0.983 bits per heavy atom. The number of aromatic amines is 2. The van der Waals surface area contributed by atoms with Crippen molar-refractivity contribution in [2.75, 3.05) is 27.3 Å². The zero-order valence-electron chi connectivity index (χ0n) is 34.9. The van der Waals surface area contributed by atoms with Gasteiger partial charge in [-0.2, -0.15) is 0 Å². The van der Waals surface area contributed by atoms with Crippen molar-refractivity contribution in [3.63, 3.8) is 0 Å². The molecule has 4 amide bonds. The van der Waals surface area contributed by atoms with E-state index in [1.54, 1.807) is 0 Å². The van der Waals surface area contributed by atoms with Crippen LogP contribution in [0.4, 0.5) is 9.59 Å². The lowest BCUT2D eigenvalue weighted by Crippen LogP contribution is -2.51. The number of aromatic nitrogens is 4. The summed E-state index contributed by atoms with van der Waals surface area (Å²) in [5.74, 6) is 0.992. The minimum atomic E-state index is -0.692. The molecule has 2 aliphatic rings. The van der Waals surface area contributed by atoms with Gasteiger partial charge in [0.2, 0.25) is 11.8 Å². The molecule has 0 radical (unpaired) electrons. The molecule has 4 aromatic carbocycles.